The molecule has 2 amide bonds. The number of thiazole rings is 1. The van der Waals surface area contributed by atoms with Crippen molar-refractivity contribution in [1.82, 2.24) is 14.8 Å². The summed E-state index contributed by atoms with van der Waals surface area (Å²) < 4.78 is 13.7. The largest absolute Gasteiger partial charge is 0.491 e. The van der Waals surface area contributed by atoms with Gasteiger partial charge in [0.15, 0.2) is 5.13 Å². The Hall–Kier alpha value is -7.14. The molecule has 2 fully saturated rings. The Kier molecular flexibility index (Phi) is 11.5. The number of aliphatic hydroxyl groups excluding tert-OH is 1. The number of cyclic esters (lactones) is 1. The van der Waals surface area contributed by atoms with E-state index in [2.05, 4.69) is 39.5 Å². The van der Waals surface area contributed by atoms with Gasteiger partial charge in [0.1, 0.15) is 29.9 Å². The fourth-order valence-corrected chi connectivity index (χ4v) is 10.8. The van der Waals surface area contributed by atoms with Gasteiger partial charge in [-0.25, -0.2) is 4.98 Å². The molecule has 3 N–H and O–H groups in total. The SMILES string of the molecule is CN(CC#Cc1ccc2c(c1)[C@]1(C(=O)N2)[C@H](c2ccccc2OCCO)N2[C@H](c3ccccc3)[C@H](c3ccccc3)OC(=O)[C@H]2[C@@H]1C(=O)Nc1nc2ccccc2s1)Cc1ccccc1. The van der Waals surface area contributed by atoms with Crippen LogP contribution in [0.5, 0.6) is 5.75 Å². The van der Waals surface area contributed by atoms with Crippen LogP contribution in [0.15, 0.2) is 158 Å². The minimum absolute atomic E-state index is 0.0281. The molecule has 1 spiro atoms. The van der Waals surface area contributed by atoms with Crippen LogP contribution in [-0.4, -0.2) is 70.5 Å². The molecule has 0 bridgehead atoms. The number of hydrogen-bond acceptors (Lipinski definition) is 10. The zero-order valence-corrected chi connectivity index (χ0v) is 36.3. The molecule has 3 aliphatic heterocycles. The molecule has 11 nitrogen and oxygen atoms in total. The third kappa shape index (κ3) is 7.62. The number of carbonyl (C=O) groups excluding carboxylic acids is 3. The van der Waals surface area contributed by atoms with Crippen LogP contribution in [0.4, 0.5) is 10.8 Å². The molecule has 6 aromatic carbocycles. The van der Waals surface area contributed by atoms with Crippen LogP contribution in [-0.2, 0) is 31.1 Å². The number of nitrogens with zero attached hydrogens (tertiary/aromatic N) is 3. The number of para-hydroxylation sites is 2. The number of fused-ring (bicyclic) bond motifs is 4. The monoisotopic (exact) mass is 879 g/mol. The van der Waals surface area contributed by atoms with Crippen molar-refractivity contribution in [2.24, 2.45) is 5.92 Å². The molecule has 0 radical (unpaired) electrons. The van der Waals surface area contributed by atoms with Crippen molar-refractivity contribution in [3.63, 3.8) is 0 Å². The van der Waals surface area contributed by atoms with Crippen molar-refractivity contribution < 1.29 is 29.0 Å². The van der Waals surface area contributed by atoms with Crippen LogP contribution in [0.1, 0.15) is 51.6 Å². The molecule has 7 aromatic rings. The van der Waals surface area contributed by atoms with Gasteiger partial charge in [0.2, 0.25) is 11.8 Å². The molecule has 10 rings (SSSR count). The molecular weight excluding hydrogens is 835 g/mol. The third-order valence-electron chi connectivity index (χ3n) is 12.6. The average molecular weight is 880 g/mol. The lowest BCUT2D eigenvalue weighted by molar-refractivity contribution is -0.177. The van der Waals surface area contributed by atoms with E-state index in [1.807, 2.05) is 151 Å². The van der Waals surface area contributed by atoms with Crippen molar-refractivity contribution in [3.05, 3.63) is 191 Å². The van der Waals surface area contributed by atoms with Gasteiger partial charge in [-0.3, -0.25) is 24.2 Å². The predicted octanol–water partition coefficient (Wildman–Crippen LogP) is 8.06. The Labute approximate surface area is 380 Å². The lowest BCUT2D eigenvalue weighted by Crippen LogP contribution is -2.53. The molecule has 3 aliphatic rings. The minimum Gasteiger partial charge on any atom is -0.491 e. The fourth-order valence-electron chi connectivity index (χ4n) is 9.97. The maximum atomic E-state index is 15.7. The standard InChI is InChI=1S/C53H45N5O6S/c1-57(33-35-16-5-2-6-17-35)29-15-18-34-27-28-40-39(32-34)53(51(62)54-40)44(49(60)56-52-55-41-24-12-14-26-43(41)65-52)46-50(61)64-47(37-21-9-4-10-22-37)45(36-19-7-3-8-20-36)58(46)48(53)38-23-11-13-25-42(38)63-31-30-59/h2-14,16-17,19-28,32,44-48,59H,29-31,33H2,1H3,(H,54,62)(H,55,56,60)/t44-,45-,46-,47+,48+,53-/m1/s1. The summed E-state index contributed by atoms with van der Waals surface area (Å²) in [5.74, 6) is 4.01. The second-order valence-electron chi connectivity index (χ2n) is 16.5. The van der Waals surface area contributed by atoms with E-state index in [4.69, 9.17) is 14.5 Å². The summed E-state index contributed by atoms with van der Waals surface area (Å²) >= 11 is 1.31. The van der Waals surface area contributed by atoms with E-state index in [1.165, 1.54) is 16.9 Å². The van der Waals surface area contributed by atoms with Crippen LogP contribution in [0, 0.1) is 17.8 Å². The first-order valence-electron chi connectivity index (χ1n) is 21.6. The normalized spacial score (nSPS) is 22.2. The van der Waals surface area contributed by atoms with Crippen molar-refractivity contribution >= 4 is 50.2 Å². The first-order valence-corrected chi connectivity index (χ1v) is 22.4. The van der Waals surface area contributed by atoms with Crippen LogP contribution in [0.3, 0.4) is 0 Å². The first kappa shape index (κ1) is 41.8. The molecule has 1 aromatic heterocycles. The number of ether oxygens (including phenoxy) is 2. The Morgan fingerprint density at radius 1 is 0.877 bits per heavy atom. The highest BCUT2D eigenvalue weighted by atomic mass is 32.1. The zero-order chi connectivity index (χ0) is 44.5. The average Bonchev–Trinajstić information content (AvgIpc) is 3.98. The number of aromatic nitrogens is 1. The van der Waals surface area contributed by atoms with Gasteiger partial charge in [-0.2, -0.15) is 0 Å². The number of rotatable bonds is 11. The fraction of sp³-hybridized carbons (Fsp3) is 0.208. The molecule has 4 heterocycles. The quantitative estimate of drug-likeness (QED) is 0.0872. The molecule has 324 valence electrons. The van der Waals surface area contributed by atoms with Gasteiger partial charge in [0, 0.05) is 23.4 Å². The number of nitrogens with one attached hydrogen (secondary N) is 2. The summed E-state index contributed by atoms with van der Waals surface area (Å²) in [5.41, 5.74) is 3.88. The van der Waals surface area contributed by atoms with Gasteiger partial charge in [0.25, 0.3) is 0 Å². The number of hydrogen-bond donors (Lipinski definition) is 3. The van der Waals surface area contributed by atoms with E-state index < -0.39 is 53.3 Å². The summed E-state index contributed by atoms with van der Waals surface area (Å²) in [6, 6.07) is 47.0. The number of anilines is 2. The zero-order valence-electron chi connectivity index (χ0n) is 35.5. The molecule has 2 saturated heterocycles. The topological polar surface area (TPSA) is 133 Å². The number of esters is 1. The molecule has 65 heavy (non-hydrogen) atoms. The Bertz CT molecular complexity index is 2920. The van der Waals surface area contributed by atoms with Gasteiger partial charge < -0.3 is 25.2 Å². The first-order chi connectivity index (χ1) is 31.8. The number of morpholine rings is 1. The Morgan fingerprint density at radius 2 is 1.57 bits per heavy atom. The lowest BCUT2D eigenvalue weighted by Gasteiger charge is -2.46. The maximum absolute atomic E-state index is 15.7. The maximum Gasteiger partial charge on any atom is 0.324 e. The van der Waals surface area contributed by atoms with E-state index in [0.717, 1.165) is 15.8 Å². The van der Waals surface area contributed by atoms with Crippen molar-refractivity contribution in [2.75, 3.05) is 37.4 Å². The summed E-state index contributed by atoms with van der Waals surface area (Å²) in [4.78, 5) is 55.5. The number of benzene rings is 6. The number of carbonyl (C=O) groups is 3. The minimum atomic E-state index is -1.78. The lowest BCUT2D eigenvalue weighted by atomic mass is 9.65. The van der Waals surface area contributed by atoms with Crippen molar-refractivity contribution in [3.8, 4) is 17.6 Å². The van der Waals surface area contributed by atoms with Gasteiger partial charge in [-0.15, -0.1) is 0 Å². The molecular formula is C53H45N5O6S. The number of aliphatic hydroxyl groups is 1. The Morgan fingerprint density at radius 3 is 2.32 bits per heavy atom. The van der Waals surface area contributed by atoms with Crippen LogP contribution in [0.2, 0.25) is 0 Å². The second-order valence-corrected chi connectivity index (χ2v) is 17.6. The van der Waals surface area contributed by atoms with Gasteiger partial charge in [0.05, 0.1) is 41.4 Å². The summed E-state index contributed by atoms with van der Waals surface area (Å²) in [6.07, 6.45) is -0.840. The van der Waals surface area contributed by atoms with E-state index in [-0.39, 0.29) is 13.2 Å². The second kappa shape index (κ2) is 17.8. The van der Waals surface area contributed by atoms with E-state index in [1.54, 1.807) is 6.07 Å². The highest BCUT2D eigenvalue weighted by molar-refractivity contribution is 7.22. The van der Waals surface area contributed by atoms with Crippen LogP contribution >= 0.6 is 11.3 Å². The van der Waals surface area contributed by atoms with Crippen LogP contribution in [0.25, 0.3) is 10.2 Å². The van der Waals surface area contributed by atoms with Crippen molar-refractivity contribution in [1.29, 1.82) is 0 Å². The van der Waals surface area contributed by atoms with E-state index in [0.29, 0.717) is 51.9 Å². The summed E-state index contributed by atoms with van der Waals surface area (Å²) in [6.45, 7) is 0.900. The van der Waals surface area contributed by atoms with Crippen LogP contribution < -0.4 is 15.4 Å². The molecule has 0 saturated carbocycles. The number of amides is 2. The third-order valence-corrected chi connectivity index (χ3v) is 13.5. The predicted molar refractivity (Wildman–Crippen MR) is 250 cm³/mol. The summed E-state index contributed by atoms with van der Waals surface area (Å²) in [7, 11) is 2.01. The van der Waals surface area contributed by atoms with Gasteiger partial charge >= 0.3 is 5.97 Å². The molecule has 0 aliphatic carbocycles. The smallest absolute Gasteiger partial charge is 0.324 e. The molecule has 0 unspecified atom stereocenters. The Balaban J connectivity index is 1.19. The highest BCUT2D eigenvalue weighted by Crippen LogP contribution is 2.65. The summed E-state index contributed by atoms with van der Waals surface area (Å²) in [5, 5.41) is 16.6. The van der Waals surface area contributed by atoms with E-state index >= 15 is 14.4 Å². The highest BCUT2D eigenvalue weighted by Gasteiger charge is 2.74. The van der Waals surface area contributed by atoms with Gasteiger partial charge in [-0.1, -0.05) is 145 Å². The van der Waals surface area contributed by atoms with Crippen molar-refractivity contribution in [2.45, 2.75) is 36.2 Å². The van der Waals surface area contributed by atoms with Gasteiger partial charge in [-0.05, 0) is 65.7 Å². The molecule has 6 atom stereocenters. The van der Waals surface area contributed by atoms with E-state index in [9.17, 15) is 5.11 Å². The molecule has 12 heteroatoms.